The van der Waals surface area contributed by atoms with Crippen molar-refractivity contribution in [2.24, 2.45) is 5.92 Å². The Hall–Kier alpha value is -1.12. The van der Waals surface area contributed by atoms with E-state index in [1.54, 1.807) is 0 Å². The van der Waals surface area contributed by atoms with E-state index >= 15 is 0 Å². The minimum absolute atomic E-state index is 0.0338. The van der Waals surface area contributed by atoms with Gasteiger partial charge in [-0.25, -0.2) is 9.97 Å². The number of hydrogen-bond acceptors (Lipinski definition) is 3. The molecule has 0 bridgehead atoms. The van der Waals surface area contributed by atoms with E-state index in [-0.39, 0.29) is 5.41 Å². The number of hydrogen-bond donors (Lipinski definition) is 1. The maximum Gasteiger partial charge on any atom is 0.134 e. The first-order valence-electron chi connectivity index (χ1n) is 7.01. The molecule has 0 aliphatic heterocycles. The van der Waals surface area contributed by atoms with Gasteiger partial charge in [0.15, 0.2) is 0 Å². The van der Waals surface area contributed by atoms with Gasteiger partial charge in [0.2, 0.25) is 0 Å². The van der Waals surface area contributed by atoms with E-state index in [2.05, 4.69) is 32.7 Å². The maximum absolute atomic E-state index is 5.95. The van der Waals surface area contributed by atoms with Gasteiger partial charge in [0.1, 0.15) is 11.6 Å². The molecule has 1 aromatic rings. The lowest BCUT2D eigenvalue weighted by Crippen LogP contribution is -2.20. The van der Waals surface area contributed by atoms with Crippen LogP contribution in [0.4, 0.5) is 5.82 Å². The highest BCUT2D eigenvalue weighted by Crippen LogP contribution is 2.35. The third-order valence-electron chi connectivity index (χ3n) is 3.83. The van der Waals surface area contributed by atoms with Crippen LogP contribution in [0.2, 0.25) is 0 Å². The van der Waals surface area contributed by atoms with Gasteiger partial charge in [0.05, 0.1) is 5.69 Å². The van der Waals surface area contributed by atoms with E-state index < -0.39 is 0 Å². The Morgan fingerprint density at radius 2 is 1.94 bits per heavy atom. The molecule has 0 radical (unpaired) electrons. The van der Waals surface area contributed by atoms with Crippen LogP contribution >= 0.6 is 0 Å². The fourth-order valence-electron chi connectivity index (χ4n) is 2.72. The fraction of sp³-hybridized carbons (Fsp3) is 0.733. The number of nitrogens with zero attached hydrogens (tertiary/aromatic N) is 2. The summed E-state index contributed by atoms with van der Waals surface area (Å²) in [6, 6.07) is 1.91. The zero-order valence-electron chi connectivity index (χ0n) is 12.0. The molecule has 0 aromatic carbocycles. The Morgan fingerprint density at radius 3 is 2.56 bits per heavy atom. The van der Waals surface area contributed by atoms with Crippen LogP contribution in [0.15, 0.2) is 6.07 Å². The van der Waals surface area contributed by atoms with Crippen molar-refractivity contribution in [2.75, 3.05) is 5.73 Å². The molecule has 3 heteroatoms. The van der Waals surface area contributed by atoms with E-state index in [1.165, 1.54) is 25.7 Å². The van der Waals surface area contributed by atoms with Gasteiger partial charge < -0.3 is 5.73 Å². The number of aromatic nitrogens is 2. The van der Waals surface area contributed by atoms with Gasteiger partial charge in [0.25, 0.3) is 0 Å². The Bertz CT molecular complexity index is 420. The molecule has 2 rings (SSSR count). The Labute approximate surface area is 110 Å². The summed E-state index contributed by atoms with van der Waals surface area (Å²) in [5, 5.41) is 0. The van der Waals surface area contributed by atoms with Crippen molar-refractivity contribution >= 4 is 5.82 Å². The van der Waals surface area contributed by atoms with Gasteiger partial charge in [-0.05, 0) is 18.8 Å². The molecule has 1 aliphatic carbocycles. The molecule has 1 aromatic heterocycles. The first-order valence-corrected chi connectivity index (χ1v) is 7.01. The molecule has 1 fully saturated rings. The van der Waals surface area contributed by atoms with Crippen LogP contribution in [0, 0.1) is 5.92 Å². The van der Waals surface area contributed by atoms with Gasteiger partial charge >= 0.3 is 0 Å². The van der Waals surface area contributed by atoms with Crippen LogP contribution in [0.3, 0.4) is 0 Å². The summed E-state index contributed by atoms with van der Waals surface area (Å²) in [6.45, 7) is 8.83. The molecule has 100 valence electrons. The van der Waals surface area contributed by atoms with E-state index in [0.717, 1.165) is 17.4 Å². The van der Waals surface area contributed by atoms with E-state index in [4.69, 9.17) is 10.7 Å². The van der Waals surface area contributed by atoms with E-state index in [0.29, 0.717) is 11.7 Å². The molecule has 18 heavy (non-hydrogen) atoms. The monoisotopic (exact) mass is 247 g/mol. The summed E-state index contributed by atoms with van der Waals surface area (Å²) >= 11 is 0. The maximum atomic E-state index is 5.95. The average Bonchev–Trinajstić information content (AvgIpc) is 2.27. The molecule has 0 saturated heterocycles. The number of anilines is 1. The standard InChI is InChI=1S/C15H25N3/c1-10-6-5-7-11(8-10)14-17-12(15(2,3)4)9-13(16)18-14/h9-11H,5-8H2,1-4H3,(H2,16,17,18). The van der Waals surface area contributed by atoms with E-state index in [1.807, 2.05) is 6.07 Å². The predicted octanol–water partition coefficient (Wildman–Crippen LogP) is 3.65. The second-order valence-corrected chi connectivity index (χ2v) is 6.75. The zero-order chi connectivity index (χ0) is 13.3. The van der Waals surface area contributed by atoms with Gasteiger partial charge in [0, 0.05) is 17.4 Å². The number of rotatable bonds is 1. The number of nitrogen functional groups attached to an aromatic ring is 1. The van der Waals surface area contributed by atoms with Crippen LogP contribution in [0.5, 0.6) is 0 Å². The normalized spacial score (nSPS) is 25.1. The lowest BCUT2D eigenvalue weighted by molar-refractivity contribution is 0.334. The molecule has 3 nitrogen and oxygen atoms in total. The van der Waals surface area contributed by atoms with Crippen molar-refractivity contribution in [1.29, 1.82) is 0 Å². The third-order valence-corrected chi connectivity index (χ3v) is 3.83. The molecule has 1 aliphatic rings. The molecule has 0 spiro atoms. The van der Waals surface area contributed by atoms with Crippen molar-refractivity contribution in [3.63, 3.8) is 0 Å². The molecule has 1 heterocycles. The van der Waals surface area contributed by atoms with Gasteiger partial charge in [-0.15, -0.1) is 0 Å². The topological polar surface area (TPSA) is 51.8 Å². The molecular weight excluding hydrogens is 222 g/mol. The summed E-state index contributed by atoms with van der Waals surface area (Å²) < 4.78 is 0. The summed E-state index contributed by atoms with van der Waals surface area (Å²) in [5.74, 6) is 2.86. The third kappa shape index (κ3) is 3.01. The van der Waals surface area contributed by atoms with Crippen molar-refractivity contribution in [3.8, 4) is 0 Å². The Balaban J connectivity index is 2.30. The second-order valence-electron chi connectivity index (χ2n) is 6.75. The van der Waals surface area contributed by atoms with E-state index in [9.17, 15) is 0 Å². The average molecular weight is 247 g/mol. The summed E-state index contributed by atoms with van der Waals surface area (Å²) in [7, 11) is 0. The largest absolute Gasteiger partial charge is 0.384 e. The summed E-state index contributed by atoms with van der Waals surface area (Å²) in [5.41, 5.74) is 7.04. The first kappa shape index (κ1) is 13.3. The smallest absolute Gasteiger partial charge is 0.134 e. The predicted molar refractivity (Wildman–Crippen MR) is 75.5 cm³/mol. The Kier molecular flexibility index (Phi) is 3.60. The molecular formula is C15H25N3. The molecule has 2 unspecified atom stereocenters. The lowest BCUT2D eigenvalue weighted by atomic mass is 9.82. The zero-order valence-corrected chi connectivity index (χ0v) is 12.0. The van der Waals surface area contributed by atoms with Crippen LogP contribution in [-0.2, 0) is 5.41 Å². The highest BCUT2D eigenvalue weighted by Gasteiger charge is 2.25. The van der Waals surface area contributed by atoms with Crippen molar-refractivity contribution < 1.29 is 0 Å². The van der Waals surface area contributed by atoms with Gasteiger partial charge in [-0.2, -0.15) is 0 Å². The molecule has 1 saturated carbocycles. The van der Waals surface area contributed by atoms with Gasteiger partial charge in [-0.1, -0.05) is 40.5 Å². The molecule has 2 atom stereocenters. The first-order chi connectivity index (χ1) is 8.36. The quantitative estimate of drug-likeness (QED) is 0.824. The van der Waals surface area contributed by atoms with Crippen molar-refractivity contribution in [1.82, 2.24) is 9.97 Å². The van der Waals surface area contributed by atoms with Crippen LogP contribution in [0.25, 0.3) is 0 Å². The number of nitrogens with two attached hydrogens (primary N) is 1. The highest BCUT2D eigenvalue weighted by atomic mass is 15.0. The SMILES string of the molecule is CC1CCCC(c2nc(N)cc(C(C)(C)C)n2)C1. The summed E-state index contributed by atoms with van der Waals surface area (Å²) in [4.78, 5) is 9.24. The van der Waals surface area contributed by atoms with Crippen LogP contribution in [-0.4, -0.2) is 9.97 Å². The second kappa shape index (κ2) is 4.87. The molecule has 0 amide bonds. The lowest BCUT2D eigenvalue weighted by Gasteiger charge is -2.27. The minimum Gasteiger partial charge on any atom is -0.384 e. The summed E-state index contributed by atoms with van der Waals surface area (Å²) in [6.07, 6.45) is 5.03. The van der Waals surface area contributed by atoms with Crippen molar-refractivity contribution in [3.05, 3.63) is 17.6 Å². The molecule has 2 N–H and O–H groups in total. The van der Waals surface area contributed by atoms with Crippen LogP contribution in [0.1, 0.15) is 70.8 Å². The van der Waals surface area contributed by atoms with Crippen molar-refractivity contribution in [2.45, 2.75) is 64.7 Å². The van der Waals surface area contributed by atoms with Crippen LogP contribution < -0.4 is 5.73 Å². The minimum atomic E-state index is 0.0338. The Morgan fingerprint density at radius 1 is 1.22 bits per heavy atom. The fourth-order valence-corrected chi connectivity index (χ4v) is 2.72. The van der Waals surface area contributed by atoms with Gasteiger partial charge in [-0.3, -0.25) is 0 Å². The highest BCUT2D eigenvalue weighted by molar-refractivity contribution is 5.33.